The average Bonchev–Trinajstić information content (AvgIpc) is 2.54. The molecule has 120 valence electrons. The fourth-order valence-electron chi connectivity index (χ4n) is 2.08. The predicted molar refractivity (Wildman–Crippen MR) is 87.4 cm³/mol. The minimum Gasteiger partial charge on any atom is -0.469 e. The molecule has 0 saturated carbocycles. The van der Waals surface area contributed by atoms with E-state index in [1.54, 1.807) is 24.3 Å². The van der Waals surface area contributed by atoms with Crippen LogP contribution < -0.4 is 5.56 Å². The highest BCUT2D eigenvalue weighted by Crippen LogP contribution is 2.18. The maximum atomic E-state index is 12.1. The van der Waals surface area contributed by atoms with Crippen LogP contribution in [0.4, 0.5) is 0 Å². The largest absolute Gasteiger partial charge is 0.469 e. The van der Waals surface area contributed by atoms with Crippen LogP contribution in [0, 0.1) is 0 Å². The van der Waals surface area contributed by atoms with E-state index in [-0.39, 0.29) is 34.7 Å². The lowest BCUT2D eigenvalue weighted by Crippen LogP contribution is -2.24. The summed E-state index contributed by atoms with van der Waals surface area (Å²) in [6.07, 6.45) is 0.686. The first-order valence-corrected chi connectivity index (χ1v) is 7.40. The predicted octanol–water partition coefficient (Wildman–Crippen LogP) is 2.73. The van der Waals surface area contributed by atoms with Crippen LogP contribution in [-0.2, 0) is 22.5 Å². The number of carbonyl (C=O) groups excluding carboxylic acids is 2. The zero-order chi connectivity index (χ0) is 17.0. The van der Waals surface area contributed by atoms with Crippen molar-refractivity contribution in [2.45, 2.75) is 13.0 Å². The van der Waals surface area contributed by atoms with E-state index in [1.165, 1.54) is 17.7 Å². The molecule has 0 aliphatic rings. The van der Waals surface area contributed by atoms with Gasteiger partial charge in [0, 0.05) is 0 Å². The van der Waals surface area contributed by atoms with E-state index in [4.69, 9.17) is 23.2 Å². The van der Waals surface area contributed by atoms with Crippen molar-refractivity contribution >= 4 is 35.5 Å². The van der Waals surface area contributed by atoms with Gasteiger partial charge in [0.2, 0.25) is 0 Å². The number of halogens is 2. The molecule has 0 aliphatic heterocycles. The number of ether oxygens (including phenoxy) is 1. The van der Waals surface area contributed by atoms with Gasteiger partial charge in [-0.05, 0) is 17.2 Å². The molecule has 2 aromatic rings. The Morgan fingerprint density at radius 2 is 1.78 bits per heavy atom. The van der Waals surface area contributed by atoms with Crippen molar-refractivity contribution in [3.8, 4) is 0 Å². The first kappa shape index (κ1) is 17.2. The highest BCUT2D eigenvalue weighted by molar-refractivity contribution is 6.35. The minimum atomic E-state index is -0.489. The fourth-order valence-corrected chi connectivity index (χ4v) is 2.60. The van der Waals surface area contributed by atoms with Gasteiger partial charge in [0.05, 0.1) is 25.1 Å². The number of nitrogens with zero attached hydrogens (tertiary/aromatic N) is 1. The Labute approximate surface area is 142 Å². The molecule has 0 spiro atoms. The maximum Gasteiger partial charge on any atom is 0.309 e. The van der Waals surface area contributed by atoms with Crippen LogP contribution in [0.5, 0.6) is 0 Å². The second-order valence-electron chi connectivity index (χ2n) is 4.80. The summed E-state index contributed by atoms with van der Waals surface area (Å²) in [5.41, 5.74) is 1.13. The summed E-state index contributed by atoms with van der Waals surface area (Å²) in [5.74, 6) is -0.334. The summed E-state index contributed by atoms with van der Waals surface area (Å²) in [6.45, 7) is 0.145. The molecule has 1 aromatic carbocycles. The van der Waals surface area contributed by atoms with Crippen molar-refractivity contribution in [1.29, 1.82) is 0 Å². The Kier molecular flexibility index (Phi) is 5.58. The Balaban J connectivity index is 2.31. The number of rotatable bonds is 5. The van der Waals surface area contributed by atoms with Gasteiger partial charge in [0.1, 0.15) is 10.7 Å². The van der Waals surface area contributed by atoms with E-state index in [9.17, 15) is 14.4 Å². The minimum absolute atomic E-state index is 0.0529. The summed E-state index contributed by atoms with van der Waals surface area (Å²) >= 11 is 11.8. The van der Waals surface area contributed by atoms with Gasteiger partial charge < -0.3 is 4.74 Å². The topological polar surface area (TPSA) is 65.4 Å². The Bertz CT molecular complexity index is 797. The molecule has 0 radical (unpaired) electrons. The normalized spacial score (nSPS) is 10.4. The van der Waals surface area contributed by atoms with Crippen LogP contribution in [0.15, 0.2) is 35.1 Å². The number of aldehydes is 1. The average molecular weight is 354 g/mol. The zero-order valence-corrected chi connectivity index (χ0v) is 13.7. The molecule has 7 heteroatoms. The first-order valence-electron chi connectivity index (χ1n) is 6.65. The third-order valence-electron chi connectivity index (χ3n) is 3.29. The molecule has 0 bridgehead atoms. The third kappa shape index (κ3) is 4.00. The molecule has 5 nitrogen and oxygen atoms in total. The smallest absolute Gasteiger partial charge is 0.309 e. The molecule has 0 atom stereocenters. The number of hydrogen-bond acceptors (Lipinski definition) is 4. The van der Waals surface area contributed by atoms with Gasteiger partial charge in [-0.2, -0.15) is 0 Å². The highest BCUT2D eigenvalue weighted by atomic mass is 35.5. The maximum absolute atomic E-state index is 12.1. The SMILES string of the molecule is COC(=O)Cc1ccc(Cn2c(C=O)c(Cl)cc(Cl)c2=O)cc1. The Hall–Kier alpha value is -2.11. The van der Waals surface area contributed by atoms with Gasteiger partial charge in [0.25, 0.3) is 5.56 Å². The first-order chi connectivity index (χ1) is 11.0. The van der Waals surface area contributed by atoms with Crippen molar-refractivity contribution in [2.24, 2.45) is 0 Å². The fraction of sp³-hybridized carbons (Fsp3) is 0.188. The summed E-state index contributed by atoms with van der Waals surface area (Å²) in [5, 5.41) is 0.0647. The van der Waals surface area contributed by atoms with E-state index in [0.29, 0.717) is 6.29 Å². The molecule has 0 aliphatic carbocycles. The van der Waals surface area contributed by atoms with E-state index >= 15 is 0 Å². The van der Waals surface area contributed by atoms with Crippen molar-refractivity contribution in [3.63, 3.8) is 0 Å². The Morgan fingerprint density at radius 3 is 2.35 bits per heavy atom. The monoisotopic (exact) mass is 353 g/mol. The van der Waals surface area contributed by atoms with Crippen molar-refractivity contribution in [3.05, 3.63) is 67.6 Å². The van der Waals surface area contributed by atoms with Gasteiger partial charge in [-0.25, -0.2) is 0 Å². The van der Waals surface area contributed by atoms with Crippen LogP contribution in [-0.4, -0.2) is 23.9 Å². The molecule has 0 saturated heterocycles. The molecule has 0 unspecified atom stereocenters. The molecule has 2 rings (SSSR count). The molecule has 1 heterocycles. The van der Waals surface area contributed by atoms with Gasteiger partial charge >= 0.3 is 5.97 Å². The number of carbonyl (C=O) groups is 2. The molecular formula is C16H13Cl2NO4. The van der Waals surface area contributed by atoms with Crippen LogP contribution in [0.25, 0.3) is 0 Å². The quantitative estimate of drug-likeness (QED) is 0.612. The Morgan fingerprint density at radius 1 is 1.17 bits per heavy atom. The number of pyridine rings is 1. The molecule has 1 aromatic heterocycles. The molecule has 0 amide bonds. The lowest BCUT2D eigenvalue weighted by molar-refractivity contribution is -0.139. The molecular weight excluding hydrogens is 341 g/mol. The lowest BCUT2D eigenvalue weighted by atomic mass is 10.1. The molecule has 0 fully saturated rings. The molecule has 23 heavy (non-hydrogen) atoms. The second-order valence-corrected chi connectivity index (χ2v) is 5.62. The summed E-state index contributed by atoms with van der Waals surface area (Å²) in [4.78, 5) is 34.5. The van der Waals surface area contributed by atoms with Crippen LogP contribution in [0.3, 0.4) is 0 Å². The van der Waals surface area contributed by atoms with Crippen molar-refractivity contribution in [1.82, 2.24) is 4.57 Å². The summed E-state index contributed by atoms with van der Waals surface area (Å²) in [7, 11) is 1.33. The standard InChI is InChI=1S/C16H13Cl2NO4/c1-23-15(21)6-10-2-4-11(5-3-10)8-19-14(9-20)12(17)7-13(18)16(19)22/h2-5,7,9H,6,8H2,1H3. The van der Waals surface area contributed by atoms with Gasteiger partial charge in [-0.3, -0.25) is 19.0 Å². The van der Waals surface area contributed by atoms with E-state index in [2.05, 4.69) is 4.74 Å². The van der Waals surface area contributed by atoms with Crippen LogP contribution in [0.1, 0.15) is 21.6 Å². The molecule has 0 N–H and O–H groups in total. The van der Waals surface area contributed by atoms with Gasteiger partial charge in [-0.15, -0.1) is 0 Å². The van der Waals surface area contributed by atoms with Gasteiger partial charge in [-0.1, -0.05) is 47.5 Å². The third-order valence-corrected chi connectivity index (χ3v) is 3.86. The van der Waals surface area contributed by atoms with E-state index in [0.717, 1.165) is 11.1 Å². The number of aromatic nitrogens is 1. The number of hydrogen-bond donors (Lipinski definition) is 0. The van der Waals surface area contributed by atoms with Gasteiger partial charge in [0.15, 0.2) is 6.29 Å². The highest BCUT2D eigenvalue weighted by Gasteiger charge is 2.12. The summed E-state index contributed by atoms with van der Waals surface area (Å²) < 4.78 is 5.82. The van der Waals surface area contributed by atoms with E-state index < -0.39 is 5.56 Å². The number of benzene rings is 1. The lowest BCUT2D eigenvalue weighted by Gasteiger charge is -2.11. The van der Waals surface area contributed by atoms with Crippen LogP contribution in [0.2, 0.25) is 10.0 Å². The zero-order valence-electron chi connectivity index (χ0n) is 12.2. The van der Waals surface area contributed by atoms with Crippen molar-refractivity contribution in [2.75, 3.05) is 7.11 Å². The van der Waals surface area contributed by atoms with Crippen molar-refractivity contribution < 1.29 is 14.3 Å². The number of methoxy groups -OCH3 is 1. The van der Waals surface area contributed by atoms with Crippen LogP contribution >= 0.6 is 23.2 Å². The second kappa shape index (κ2) is 7.44. The number of esters is 1. The summed E-state index contributed by atoms with van der Waals surface area (Å²) in [6, 6.07) is 8.28. The van der Waals surface area contributed by atoms with E-state index in [1.807, 2.05) is 0 Å².